The van der Waals surface area contributed by atoms with Crippen molar-refractivity contribution in [2.24, 2.45) is 5.41 Å². The van der Waals surface area contributed by atoms with Crippen LogP contribution in [0, 0.1) is 5.41 Å². The van der Waals surface area contributed by atoms with Gasteiger partial charge in [-0.3, -0.25) is 4.68 Å². The molecular formula is C15H18ClN3O. The van der Waals surface area contributed by atoms with Crippen LogP contribution in [0.25, 0.3) is 0 Å². The number of nitrogens with zero attached hydrogens (tertiary/aromatic N) is 3. The molecule has 20 heavy (non-hydrogen) atoms. The molecule has 0 unspecified atom stereocenters. The maximum Gasteiger partial charge on any atom is 0.137 e. The second-order valence-corrected chi connectivity index (χ2v) is 5.83. The maximum atomic E-state index is 10.3. The lowest BCUT2D eigenvalue weighted by molar-refractivity contribution is 0.222. The Hall–Kier alpha value is -1.81. The van der Waals surface area contributed by atoms with E-state index >= 15 is 0 Å². The first-order chi connectivity index (χ1) is 9.47. The monoisotopic (exact) mass is 291 g/mol. The van der Waals surface area contributed by atoms with E-state index < -0.39 is 0 Å². The van der Waals surface area contributed by atoms with E-state index in [1.807, 2.05) is 44.2 Å². The van der Waals surface area contributed by atoms with Crippen LogP contribution in [-0.4, -0.2) is 19.9 Å². The SMILES string of the molecule is CC(C)(Cn1cncn1)/C(O)=C/Cc1ccc(Cl)cc1. The highest BCUT2D eigenvalue weighted by atomic mass is 35.5. The van der Waals surface area contributed by atoms with Gasteiger partial charge in [-0.15, -0.1) is 0 Å². The topological polar surface area (TPSA) is 50.9 Å². The Morgan fingerprint density at radius 3 is 2.65 bits per heavy atom. The summed E-state index contributed by atoms with van der Waals surface area (Å²) in [5, 5.41) is 15.0. The van der Waals surface area contributed by atoms with Crippen molar-refractivity contribution in [2.45, 2.75) is 26.8 Å². The van der Waals surface area contributed by atoms with Crippen molar-refractivity contribution in [1.82, 2.24) is 14.8 Å². The van der Waals surface area contributed by atoms with E-state index in [2.05, 4.69) is 10.1 Å². The number of rotatable bonds is 5. The van der Waals surface area contributed by atoms with E-state index in [0.29, 0.717) is 23.7 Å². The van der Waals surface area contributed by atoms with Crippen molar-refractivity contribution in [3.05, 3.63) is 59.3 Å². The van der Waals surface area contributed by atoms with Crippen LogP contribution in [-0.2, 0) is 13.0 Å². The first kappa shape index (κ1) is 14.6. The Bertz CT molecular complexity index is 574. The van der Waals surface area contributed by atoms with Gasteiger partial charge in [0.1, 0.15) is 12.7 Å². The first-order valence-electron chi connectivity index (χ1n) is 6.44. The average Bonchev–Trinajstić information content (AvgIpc) is 2.89. The number of aliphatic hydroxyl groups is 1. The van der Waals surface area contributed by atoms with Gasteiger partial charge in [-0.2, -0.15) is 5.10 Å². The molecular weight excluding hydrogens is 274 g/mol. The number of hydrogen-bond acceptors (Lipinski definition) is 3. The van der Waals surface area contributed by atoms with Crippen LogP contribution in [0.1, 0.15) is 19.4 Å². The number of benzene rings is 1. The van der Waals surface area contributed by atoms with Gasteiger partial charge in [0, 0.05) is 10.4 Å². The standard InChI is InChI=1S/C15H18ClN3O/c1-15(2,9-19-11-17-10-18-19)14(20)8-5-12-3-6-13(16)7-4-12/h3-4,6-8,10-11,20H,5,9H2,1-2H3/b14-8-. The van der Waals surface area contributed by atoms with E-state index in [1.165, 1.54) is 6.33 Å². The molecule has 1 heterocycles. The van der Waals surface area contributed by atoms with E-state index in [0.717, 1.165) is 5.56 Å². The first-order valence-corrected chi connectivity index (χ1v) is 6.81. The lowest BCUT2D eigenvalue weighted by Gasteiger charge is -2.23. The number of aliphatic hydroxyl groups excluding tert-OH is 1. The fraction of sp³-hybridized carbons (Fsp3) is 0.333. The molecule has 106 valence electrons. The third-order valence-electron chi connectivity index (χ3n) is 3.16. The molecule has 0 atom stereocenters. The van der Waals surface area contributed by atoms with Crippen molar-refractivity contribution in [2.75, 3.05) is 0 Å². The van der Waals surface area contributed by atoms with Crippen molar-refractivity contribution >= 4 is 11.6 Å². The van der Waals surface area contributed by atoms with Gasteiger partial charge in [0.15, 0.2) is 0 Å². The van der Waals surface area contributed by atoms with Gasteiger partial charge in [-0.05, 0) is 30.2 Å². The predicted octanol–water partition coefficient (Wildman–Crippen LogP) is 3.64. The zero-order valence-corrected chi connectivity index (χ0v) is 12.4. The Morgan fingerprint density at radius 1 is 1.35 bits per heavy atom. The summed E-state index contributed by atoms with van der Waals surface area (Å²) in [6, 6.07) is 7.61. The molecule has 2 rings (SSSR count). The maximum absolute atomic E-state index is 10.3. The van der Waals surface area contributed by atoms with E-state index in [1.54, 1.807) is 11.0 Å². The fourth-order valence-corrected chi connectivity index (χ4v) is 2.04. The Morgan fingerprint density at radius 2 is 2.05 bits per heavy atom. The molecule has 0 amide bonds. The predicted molar refractivity (Wildman–Crippen MR) is 79.7 cm³/mol. The number of halogens is 1. The van der Waals surface area contributed by atoms with Gasteiger partial charge < -0.3 is 5.11 Å². The summed E-state index contributed by atoms with van der Waals surface area (Å²) in [6.07, 6.45) is 5.64. The highest BCUT2D eigenvalue weighted by Gasteiger charge is 2.24. The van der Waals surface area contributed by atoms with Crippen molar-refractivity contribution in [3.8, 4) is 0 Å². The highest BCUT2D eigenvalue weighted by Crippen LogP contribution is 2.26. The van der Waals surface area contributed by atoms with Crippen LogP contribution < -0.4 is 0 Å². The normalized spacial score (nSPS) is 12.7. The quantitative estimate of drug-likeness (QED) is 0.856. The van der Waals surface area contributed by atoms with Crippen LogP contribution in [0.3, 0.4) is 0 Å². The van der Waals surface area contributed by atoms with Gasteiger partial charge in [0.25, 0.3) is 0 Å². The van der Waals surface area contributed by atoms with Crippen LogP contribution >= 0.6 is 11.6 Å². The van der Waals surface area contributed by atoms with Crippen LogP contribution in [0.2, 0.25) is 5.02 Å². The van der Waals surface area contributed by atoms with E-state index in [9.17, 15) is 5.11 Å². The van der Waals surface area contributed by atoms with E-state index in [-0.39, 0.29) is 5.41 Å². The Balaban J connectivity index is 2.03. The Labute approximate surface area is 123 Å². The molecule has 4 nitrogen and oxygen atoms in total. The van der Waals surface area contributed by atoms with Crippen LogP contribution in [0.5, 0.6) is 0 Å². The summed E-state index contributed by atoms with van der Waals surface area (Å²) in [5.74, 6) is 0.350. The molecule has 1 N–H and O–H groups in total. The molecule has 0 aliphatic rings. The summed E-state index contributed by atoms with van der Waals surface area (Å²) < 4.78 is 1.71. The van der Waals surface area contributed by atoms with Gasteiger partial charge >= 0.3 is 0 Å². The van der Waals surface area contributed by atoms with Gasteiger partial charge in [0.05, 0.1) is 12.3 Å². The summed E-state index contributed by atoms with van der Waals surface area (Å²) in [5.41, 5.74) is 0.720. The highest BCUT2D eigenvalue weighted by molar-refractivity contribution is 6.30. The molecule has 0 radical (unpaired) electrons. The second kappa shape index (κ2) is 6.09. The third-order valence-corrected chi connectivity index (χ3v) is 3.41. The third kappa shape index (κ3) is 3.84. The van der Waals surface area contributed by atoms with Gasteiger partial charge in [-0.1, -0.05) is 37.6 Å². The van der Waals surface area contributed by atoms with Gasteiger partial charge in [0.2, 0.25) is 0 Å². The summed E-state index contributed by atoms with van der Waals surface area (Å²) in [7, 11) is 0. The molecule has 0 saturated carbocycles. The minimum absolute atomic E-state index is 0.350. The molecule has 0 fully saturated rings. The zero-order chi connectivity index (χ0) is 14.6. The second-order valence-electron chi connectivity index (χ2n) is 5.40. The zero-order valence-electron chi connectivity index (χ0n) is 11.6. The molecule has 1 aromatic carbocycles. The average molecular weight is 292 g/mol. The molecule has 0 aliphatic heterocycles. The largest absolute Gasteiger partial charge is 0.512 e. The number of allylic oxidation sites excluding steroid dienone is 2. The molecule has 0 saturated heterocycles. The molecule has 0 aliphatic carbocycles. The minimum Gasteiger partial charge on any atom is -0.512 e. The van der Waals surface area contributed by atoms with Crippen molar-refractivity contribution < 1.29 is 5.11 Å². The molecule has 0 spiro atoms. The minimum atomic E-state index is -0.389. The summed E-state index contributed by atoms with van der Waals surface area (Å²) in [4.78, 5) is 3.91. The molecule has 2 aromatic rings. The van der Waals surface area contributed by atoms with Crippen molar-refractivity contribution in [1.29, 1.82) is 0 Å². The number of aromatic nitrogens is 3. The van der Waals surface area contributed by atoms with Crippen LogP contribution in [0.4, 0.5) is 0 Å². The van der Waals surface area contributed by atoms with Gasteiger partial charge in [-0.25, -0.2) is 4.98 Å². The van der Waals surface area contributed by atoms with E-state index in [4.69, 9.17) is 11.6 Å². The fourth-order valence-electron chi connectivity index (χ4n) is 1.91. The van der Waals surface area contributed by atoms with Crippen LogP contribution in [0.15, 0.2) is 48.8 Å². The smallest absolute Gasteiger partial charge is 0.137 e. The number of hydrogen-bond donors (Lipinski definition) is 1. The molecule has 1 aromatic heterocycles. The summed E-state index contributed by atoms with van der Waals surface area (Å²) >= 11 is 5.85. The molecule has 5 heteroatoms. The lowest BCUT2D eigenvalue weighted by atomic mass is 9.90. The summed E-state index contributed by atoms with van der Waals surface area (Å²) in [6.45, 7) is 4.53. The van der Waals surface area contributed by atoms with Crippen molar-refractivity contribution in [3.63, 3.8) is 0 Å². The Kier molecular flexibility index (Phi) is 4.45. The molecule has 0 bridgehead atoms. The lowest BCUT2D eigenvalue weighted by Crippen LogP contribution is -2.22.